The summed E-state index contributed by atoms with van der Waals surface area (Å²) < 4.78 is 27.2. The van der Waals surface area contributed by atoms with Gasteiger partial charge in [-0.3, -0.25) is 4.79 Å². The highest BCUT2D eigenvalue weighted by Gasteiger charge is 2.31. The van der Waals surface area contributed by atoms with Gasteiger partial charge in [-0.15, -0.1) is 0 Å². The molecule has 0 atom stereocenters. The maximum atomic E-state index is 12.9. The Kier molecular flexibility index (Phi) is 6.57. The Morgan fingerprint density at radius 2 is 1.84 bits per heavy atom. The zero-order chi connectivity index (χ0) is 18.4. The molecule has 1 aromatic carbocycles. The number of amides is 1. The van der Waals surface area contributed by atoms with Gasteiger partial charge in [0.25, 0.3) is 0 Å². The Balaban J connectivity index is 2.18. The molecule has 1 amide bonds. The molecule has 6 nitrogen and oxygen atoms in total. The van der Waals surface area contributed by atoms with E-state index in [1.807, 2.05) is 19.9 Å². The van der Waals surface area contributed by atoms with Crippen LogP contribution in [0.4, 0.5) is 0 Å². The largest absolute Gasteiger partial charge is 0.341 e. The van der Waals surface area contributed by atoms with E-state index in [1.54, 1.807) is 17.0 Å². The number of nitrogens with zero attached hydrogens (tertiary/aromatic N) is 3. The first-order valence-corrected chi connectivity index (χ1v) is 10.2. The average molecular weight is 363 g/mol. The van der Waals surface area contributed by atoms with E-state index < -0.39 is 10.0 Å². The van der Waals surface area contributed by atoms with Gasteiger partial charge in [-0.2, -0.15) is 9.57 Å². The molecule has 1 saturated heterocycles. The fraction of sp³-hybridized carbons (Fsp3) is 0.556. The summed E-state index contributed by atoms with van der Waals surface area (Å²) in [6, 6.07) is 8.18. The van der Waals surface area contributed by atoms with Gasteiger partial charge in [0.05, 0.1) is 10.5 Å². The maximum Gasteiger partial charge on any atom is 0.244 e. The Hall–Kier alpha value is -1.91. The predicted molar refractivity (Wildman–Crippen MR) is 95.2 cm³/mol. The van der Waals surface area contributed by atoms with Gasteiger partial charge in [0.2, 0.25) is 15.9 Å². The van der Waals surface area contributed by atoms with E-state index in [-0.39, 0.29) is 28.8 Å². The minimum atomic E-state index is -3.74. The molecule has 1 aliphatic heterocycles. The molecule has 0 N–H and O–H groups in total. The first-order chi connectivity index (χ1) is 12.0. The maximum absolute atomic E-state index is 12.9. The molecule has 136 valence electrons. The van der Waals surface area contributed by atoms with Crippen molar-refractivity contribution in [3.8, 4) is 6.07 Å². The van der Waals surface area contributed by atoms with Crippen molar-refractivity contribution in [1.82, 2.24) is 9.21 Å². The van der Waals surface area contributed by atoms with Crippen LogP contribution < -0.4 is 0 Å². The van der Waals surface area contributed by atoms with Crippen LogP contribution in [0.2, 0.25) is 0 Å². The molecule has 7 heteroatoms. The lowest BCUT2D eigenvalue weighted by Crippen LogP contribution is -2.39. The highest BCUT2D eigenvalue weighted by Crippen LogP contribution is 2.22. The van der Waals surface area contributed by atoms with Crippen molar-refractivity contribution in [3.63, 3.8) is 0 Å². The molecule has 0 spiro atoms. The van der Waals surface area contributed by atoms with E-state index in [1.165, 1.54) is 16.4 Å². The molecule has 1 fully saturated rings. The lowest BCUT2D eigenvalue weighted by Gasteiger charge is -2.25. The molecule has 0 saturated carbocycles. The second kappa shape index (κ2) is 8.45. The quantitative estimate of drug-likeness (QED) is 0.803. The predicted octanol–water partition coefficient (Wildman–Crippen LogP) is 2.22. The molecule has 0 aromatic heterocycles. The van der Waals surface area contributed by atoms with Crippen molar-refractivity contribution < 1.29 is 13.2 Å². The van der Waals surface area contributed by atoms with Crippen LogP contribution in [0.15, 0.2) is 29.2 Å². The summed E-state index contributed by atoms with van der Waals surface area (Å²) in [5.74, 6) is 0.115. The Morgan fingerprint density at radius 1 is 1.16 bits per heavy atom. The summed E-state index contributed by atoms with van der Waals surface area (Å²) in [7, 11) is -3.74. The van der Waals surface area contributed by atoms with E-state index >= 15 is 0 Å². The molecular formula is C18H25N3O3S. The van der Waals surface area contributed by atoms with Crippen LogP contribution >= 0.6 is 0 Å². The summed E-state index contributed by atoms with van der Waals surface area (Å²) in [5, 5.41) is 9.18. The number of benzene rings is 1. The number of hydrogen-bond donors (Lipinski definition) is 0. The van der Waals surface area contributed by atoms with Gasteiger partial charge in [0, 0.05) is 32.1 Å². The number of carbonyl (C=O) groups excluding carboxylic acids is 1. The molecule has 0 unspecified atom stereocenters. The number of hydrogen-bond acceptors (Lipinski definition) is 4. The lowest BCUT2D eigenvalue weighted by atomic mass is 10.0. The molecule has 25 heavy (non-hydrogen) atoms. The van der Waals surface area contributed by atoms with Crippen LogP contribution in [0.25, 0.3) is 0 Å². The van der Waals surface area contributed by atoms with E-state index in [0.29, 0.717) is 26.1 Å². The van der Waals surface area contributed by atoms with Gasteiger partial charge in [0.1, 0.15) is 6.07 Å². The first kappa shape index (κ1) is 19.4. The Morgan fingerprint density at radius 3 is 2.48 bits per heavy atom. The third-order valence-corrected chi connectivity index (χ3v) is 6.68. The van der Waals surface area contributed by atoms with Crippen LogP contribution in [0.5, 0.6) is 0 Å². The van der Waals surface area contributed by atoms with Crippen molar-refractivity contribution >= 4 is 15.9 Å². The van der Waals surface area contributed by atoms with Gasteiger partial charge in [-0.1, -0.05) is 26.0 Å². The highest BCUT2D eigenvalue weighted by atomic mass is 32.2. The molecule has 0 aliphatic carbocycles. The van der Waals surface area contributed by atoms with Crippen molar-refractivity contribution in [2.45, 2.75) is 38.0 Å². The van der Waals surface area contributed by atoms with Crippen molar-refractivity contribution in [2.75, 3.05) is 26.2 Å². The number of nitriles is 1. The standard InChI is InChI=1S/C18H25N3O3S/c1-3-15(4-2)18(22)20-10-7-11-21(13-12-20)25(23,24)17-9-6-5-8-16(17)14-19/h5-6,8-9,15H,3-4,7,10-13H2,1-2H3. The summed E-state index contributed by atoms with van der Waals surface area (Å²) in [4.78, 5) is 14.4. The van der Waals surface area contributed by atoms with E-state index in [2.05, 4.69) is 0 Å². The minimum absolute atomic E-state index is 0.00229. The van der Waals surface area contributed by atoms with Crippen LogP contribution in [0.1, 0.15) is 38.7 Å². The van der Waals surface area contributed by atoms with Crippen LogP contribution in [-0.2, 0) is 14.8 Å². The van der Waals surface area contributed by atoms with Gasteiger partial charge < -0.3 is 4.90 Å². The van der Waals surface area contributed by atoms with Crippen molar-refractivity contribution in [2.24, 2.45) is 5.92 Å². The highest BCUT2D eigenvalue weighted by molar-refractivity contribution is 7.89. The summed E-state index contributed by atoms with van der Waals surface area (Å²) in [6.45, 7) is 5.58. The van der Waals surface area contributed by atoms with Gasteiger partial charge in [-0.25, -0.2) is 8.42 Å². The molecule has 1 heterocycles. The third-order valence-electron chi connectivity index (χ3n) is 4.73. The molecule has 1 aliphatic rings. The Labute approximate surface area is 150 Å². The van der Waals surface area contributed by atoms with Crippen molar-refractivity contribution in [1.29, 1.82) is 5.26 Å². The number of sulfonamides is 1. The normalized spacial score (nSPS) is 16.5. The average Bonchev–Trinajstić information content (AvgIpc) is 2.89. The summed E-state index contributed by atoms with van der Waals surface area (Å²) in [6.07, 6.45) is 2.19. The fourth-order valence-corrected chi connectivity index (χ4v) is 4.79. The Bertz CT molecular complexity index is 751. The SMILES string of the molecule is CCC(CC)C(=O)N1CCCN(S(=O)(=O)c2ccccc2C#N)CC1. The van der Waals surface area contributed by atoms with Crippen LogP contribution in [-0.4, -0.2) is 49.7 Å². The second-order valence-corrected chi connectivity index (χ2v) is 8.11. The van der Waals surface area contributed by atoms with Crippen LogP contribution in [0.3, 0.4) is 0 Å². The molecule has 1 aromatic rings. The van der Waals surface area contributed by atoms with E-state index in [9.17, 15) is 18.5 Å². The molecule has 0 bridgehead atoms. The van der Waals surface area contributed by atoms with Gasteiger partial charge >= 0.3 is 0 Å². The van der Waals surface area contributed by atoms with Crippen LogP contribution in [0, 0.1) is 17.2 Å². The first-order valence-electron chi connectivity index (χ1n) is 8.73. The summed E-state index contributed by atoms with van der Waals surface area (Å²) >= 11 is 0. The topological polar surface area (TPSA) is 81.5 Å². The van der Waals surface area contributed by atoms with Crippen molar-refractivity contribution in [3.05, 3.63) is 29.8 Å². The minimum Gasteiger partial charge on any atom is -0.341 e. The van der Waals surface area contributed by atoms with E-state index in [0.717, 1.165) is 12.8 Å². The fourth-order valence-electron chi connectivity index (χ4n) is 3.17. The number of carbonyl (C=O) groups is 1. The van der Waals surface area contributed by atoms with Gasteiger partial charge in [-0.05, 0) is 31.4 Å². The summed E-state index contributed by atoms with van der Waals surface area (Å²) in [5.41, 5.74) is 0.150. The van der Waals surface area contributed by atoms with Gasteiger partial charge in [0.15, 0.2) is 0 Å². The van der Waals surface area contributed by atoms with E-state index in [4.69, 9.17) is 0 Å². The molecular weight excluding hydrogens is 338 g/mol. The smallest absolute Gasteiger partial charge is 0.244 e. The zero-order valence-electron chi connectivity index (χ0n) is 14.8. The lowest BCUT2D eigenvalue weighted by molar-refractivity contribution is -0.135. The third kappa shape index (κ3) is 4.20. The molecule has 2 rings (SSSR count). The molecule has 0 radical (unpaired) electrons. The second-order valence-electron chi connectivity index (χ2n) is 6.20. The number of rotatable bonds is 5. The zero-order valence-corrected chi connectivity index (χ0v) is 15.6. The monoisotopic (exact) mass is 363 g/mol.